The number of fused-ring (bicyclic) bond motifs is 1. The van der Waals surface area contributed by atoms with Gasteiger partial charge >= 0.3 is 0 Å². The highest BCUT2D eigenvalue weighted by Gasteiger charge is 2.12. The van der Waals surface area contributed by atoms with Gasteiger partial charge in [0.05, 0.1) is 0 Å². The third-order valence-electron chi connectivity index (χ3n) is 2.98. The van der Waals surface area contributed by atoms with Crippen LogP contribution in [0.15, 0.2) is 22.6 Å². The molecule has 1 N–H and O–H groups in total. The van der Waals surface area contributed by atoms with Crippen LogP contribution in [0.1, 0.15) is 18.9 Å². The van der Waals surface area contributed by atoms with Gasteiger partial charge in [-0.15, -0.1) is 0 Å². The zero-order valence-electron chi connectivity index (χ0n) is 9.89. The van der Waals surface area contributed by atoms with Crippen molar-refractivity contribution in [2.24, 2.45) is 0 Å². The molecule has 0 aliphatic heterocycles. The molecule has 2 aromatic rings. The Morgan fingerprint density at radius 1 is 1.29 bits per heavy atom. The zero-order chi connectivity index (χ0) is 12.4. The third-order valence-corrected chi connectivity index (χ3v) is 2.98. The number of benzene rings is 1. The van der Waals surface area contributed by atoms with Crippen molar-refractivity contribution >= 4 is 11.0 Å². The smallest absolute Gasteiger partial charge is 0.278 e. The van der Waals surface area contributed by atoms with E-state index in [1.807, 2.05) is 7.05 Å². The largest absolute Gasteiger partial charge is 0.428 e. The van der Waals surface area contributed by atoms with Crippen molar-refractivity contribution in [1.29, 1.82) is 0 Å². The van der Waals surface area contributed by atoms with E-state index in [1.165, 1.54) is 12.1 Å². The molecule has 0 fully saturated rings. The van der Waals surface area contributed by atoms with E-state index < -0.39 is 11.8 Å². The zero-order valence-corrected chi connectivity index (χ0v) is 9.89. The van der Waals surface area contributed by atoms with Crippen molar-refractivity contribution < 1.29 is 13.2 Å². The monoisotopic (exact) mass is 239 g/mol. The summed E-state index contributed by atoms with van der Waals surface area (Å²) < 4.78 is 31.2. The van der Waals surface area contributed by atoms with Gasteiger partial charge in [0.15, 0.2) is 11.4 Å². The van der Waals surface area contributed by atoms with Crippen LogP contribution in [0.3, 0.4) is 0 Å². The fourth-order valence-corrected chi connectivity index (χ4v) is 1.99. The molecule has 0 aliphatic rings. The number of furan rings is 1. The van der Waals surface area contributed by atoms with E-state index in [2.05, 4.69) is 16.7 Å². The van der Waals surface area contributed by atoms with Crippen molar-refractivity contribution in [1.82, 2.24) is 5.32 Å². The van der Waals surface area contributed by atoms with Gasteiger partial charge in [-0.25, -0.2) is 4.39 Å². The molecule has 4 heteroatoms. The molecular weight excluding hydrogens is 224 g/mol. The molecule has 92 valence electrons. The molecule has 0 bridgehead atoms. The molecule has 0 radical (unpaired) electrons. The van der Waals surface area contributed by atoms with Crippen LogP contribution < -0.4 is 5.32 Å². The van der Waals surface area contributed by atoms with E-state index in [-0.39, 0.29) is 5.58 Å². The third kappa shape index (κ3) is 2.47. The first-order chi connectivity index (χ1) is 8.13. The summed E-state index contributed by atoms with van der Waals surface area (Å²) in [5, 5.41) is 3.63. The molecule has 17 heavy (non-hydrogen) atoms. The summed E-state index contributed by atoms with van der Waals surface area (Å²) in [5.41, 5.74) is 0.834. The minimum atomic E-state index is -0.753. The topological polar surface area (TPSA) is 25.2 Å². The number of halogens is 2. The molecule has 1 heterocycles. The van der Waals surface area contributed by atoms with E-state index in [1.54, 1.807) is 6.07 Å². The summed E-state index contributed by atoms with van der Waals surface area (Å²) in [6.07, 6.45) is 1.67. The van der Waals surface area contributed by atoms with Gasteiger partial charge in [0.1, 0.15) is 0 Å². The molecule has 2 rings (SSSR count). The molecule has 2 nitrogen and oxygen atoms in total. The van der Waals surface area contributed by atoms with Crippen molar-refractivity contribution in [3.05, 3.63) is 35.6 Å². The Kier molecular flexibility index (Phi) is 3.43. The van der Waals surface area contributed by atoms with Crippen molar-refractivity contribution in [2.75, 3.05) is 7.05 Å². The first-order valence-corrected chi connectivity index (χ1v) is 5.68. The minimum absolute atomic E-state index is 0.0104. The molecule has 0 unspecified atom stereocenters. The molecule has 0 saturated heterocycles. The lowest BCUT2D eigenvalue weighted by molar-refractivity contribution is 0.374. The highest BCUT2D eigenvalue weighted by Crippen LogP contribution is 2.24. The second-order valence-electron chi connectivity index (χ2n) is 4.14. The number of hydrogen-bond acceptors (Lipinski definition) is 2. The van der Waals surface area contributed by atoms with Gasteiger partial charge in [0, 0.05) is 17.5 Å². The lowest BCUT2D eigenvalue weighted by Crippen LogP contribution is -2.26. The van der Waals surface area contributed by atoms with Gasteiger partial charge < -0.3 is 9.73 Å². The van der Waals surface area contributed by atoms with Gasteiger partial charge in [-0.05, 0) is 37.6 Å². The summed E-state index contributed by atoms with van der Waals surface area (Å²) in [6, 6.07) is 3.93. The fraction of sp³-hybridized carbons (Fsp3) is 0.385. The highest BCUT2D eigenvalue weighted by atomic mass is 19.1. The second kappa shape index (κ2) is 4.84. The van der Waals surface area contributed by atoms with Gasteiger partial charge in [-0.1, -0.05) is 6.92 Å². The van der Waals surface area contributed by atoms with E-state index in [9.17, 15) is 8.78 Å². The number of hydrogen-bond donors (Lipinski definition) is 1. The van der Waals surface area contributed by atoms with Crippen LogP contribution >= 0.6 is 0 Å². The summed E-state index contributed by atoms with van der Waals surface area (Å²) in [7, 11) is 1.88. The maximum absolute atomic E-state index is 13.6. The Labute approximate surface area is 98.6 Å². The van der Waals surface area contributed by atoms with Gasteiger partial charge in [0.2, 0.25) is 0 Å². The van der Waals surface area contributed by atoms with Crippen molar-refractivity contribution in [2.45, 2.75) is 25.8 Å². The Morgan fingerprint density at radius 3 is 2.71 bits per heavy atom. The molecule has 1 aromatic heterocycles. The predicted octanol–water partition coefficient (Wildman–Crippen LogP) is 3.25. The van der Waals surface area contributed by atoms with E-state index in [0.29, 0.717) is 17.8 Å². The van der Waals surface area contributed by atoms with Crippen molar-refractivity contribution in [3.8, 4) is 0 Å². The van der Waals surface area contributed by atoms with Crippen LogP contribution in [0, 0.1) is 11.8 Å². The average Bonchev–Trinajstić information content (AvgIpc) is 2.67. The fourth-order valence-electron chi connectivity index (χ4n) is 1.99. The predicted molar refractivity (Wildman–Crippen MR) is 63.0 cm³/mol. The van der Waals surface area contributed by atoms with E-state index >= 15 is 0 Å². The molecule has 0 saturated carbocycles. The molecule has 1 aromatic carbocycles. The first kappa shape index (κ1) is 12.0. The van der Waals surface area contributed by atoms with Crippen LogP contribution in [0.25, 0.3) is 11.0 Å². The number of rotatable bonds is 4. The Bertz CT molecular complexity index is 517. The normalized spacial score (nSPS) is 13.2. The summed E-state index contributed by atoms with van der Waals surface area (Å²) in [6.45, 7) is 2.06. The van der Waals surface area contributed by atoms with Crippen LogP contribution in [0.5, 0.6) is 0 Å². The molecule has 0 spiro atoms. The maximum atomic E-state index is 13.6. The van der Waals surface area contributed by atoms with Crippen LogP contribution in [-0.4, -0.2) is 13.1 Å². The molecule has 0 aliphatic carbocycles. The maximum Gasteiger partial charge on any atom is 0.278 e. The van der Waals surface area contributed by atoms with Gasteiger partial charge in [-0.2, -0.15) is 4.39 Å². The minimum Gasteiger partial charge on any atom is -0.428 e. The SMILES string of the molecule is CC[C@@H](Cc1cc(F)c2oc(F)cc2c1)NC. The van der Waals surface area contributed by atoms with Crippen LogP contribution in [-0.2, 0) is 6.42 Å². The van der Waals surface area contributed by atoms with Crippen LogP contribution in [0.2, 0.25) is 0 Å². The van der Waals surface area contributed by atoms with Gasteiger partial charge in [0.25, 0.3) is 6.01 Å². The van der Waals surface area contributed by atoms with E-state index in [4.69, 9.17) is 0 Å². The second-order valence-corrected chi connectivity index (χ2v) is 4.14. The summed E-state index contributed by atoms with van der Waals surface area (Å²) in [4.78, 5) is 0. The van der Waals surface area contributed by atoms with Crippen LogP contribution in [0.4, 0.5) is 8.78 Å². The van der Waals surface area contributed by atoms with Crippen molar-refractivity contribution in [3.63, 3.8) is 0 Å². The lowest BCUT2D eigenvalue weighted by atomic mass is 10.0. The summed E-state index contributed by atoms with van der Waals surface area (Å²) in [5.74, 6) is -0.507. The summed E-state index contributed by atoms with van der Waals surface area (Å²) >= 11 is 0. The molecule has 1 atom stereocenters. The highest BCUT2D eigenvalue weighted by molar-refractivity contribution is 5.78. The Balaban J connectivity index is 2.35. The average molecular weight is 239 g/mol. The standard InChI is InChI=1S/C13H15F2NO/c1-3-10(16-2)5-8-4-9-7-12(15)17-13(9)11(14)6-8/h4,6-7,10,16H,3,5H2,1-2H3/t10-/m0/s1. The first-order valence-electron chi connectivity index (χ1n) is 5.68. The number of likely N-dealkylation sites (N-methyl/N-ethyl adjacent to an activating group) is 1. The molecular formula is C13H15F2NO. The Morgan fingerprint density at radius 2 is 2.06 bits per heavy atom. The Hall–Kier alpha value is -1.42. The van der Waals surface area contributed by atoms with E-state index in [0.717, 1.165) is 12.0 Å². The molecule has 0 amide bonds. The quantitative estimate of drug-likeness (QED) is 0.886. The van der Waals surface area contributed by atoms with Gasteiger partial charge in [-0.3, -0.25) is 0 Å². The lowest BCUT2D eigenvalue weighted by Gasteiger charge is -2.13. The number of nitrogens with one attached hydrogen (secondary N) is 1.